The van der Waals surface area contributed by atoms with Crippen molar-refractivity contribution in [3.63, 3.8) is 0 Å². The third-order valence-corrected chi connectivity index (χ3v) is 3.07. The summed E-state index contributed by atoms with van der Waals surface area (Å²) in [5, 5.41) is 12.1. The zero-order chi connectivity index (χ0) is 11.5. The summed E-state index contributed by atoms with van der Waals surface area (Å²) in [5.74, 6) is 0.228. The first-order valence-electron chi connectivity index (χ1n) is 5.50. The molecule has 4 heteroatoms. The second-order valence-electron chi connectivity index (χ2n) is 4.16. The van der Waals surface area contributed by atoms with Gasteiger partial charge in [0.1, 0.15) is 5.75 Å². The highest BCUT2D eigenvalue weighted by atomic mass is 16.3. The van der Waals surface area contributed by atoms with Gasteiger partial charge in [-0.1, -0.05) is 12.1 Å². The van der Waals surface area contributed by atoms with Crippen LogP contribution in [0.4, 0.5) is 0 Å². The molecule has 1 aromatic rings. The number of carbonyl (C=O) groups excluding carboxylic acids is 1. The van der Waals surface area contributed by atoms with Crippen molar-refractivity contribution in [2.45, 2.75) is 18.9 Å². The molecule has 1 amide bonds. The quantitative estimate of drug-likeness (QED) is 0.693. The molecule has 1 heterocycles. The van der Waals surface area contributed by atoms with E-state index in [0.717, 1.165) is 18.4 Å². The Morgan fingerprint density at radius 2 is 2.00 bits per heavy atom. The van der Waals surface area contributed by atoms with E-state index in [9.17, 15) is 9.90 Å². The van der Waals surface area contributed by atoms with E-state index in [2.05, 4.69) is 5.32 Å². The van der Waals surface area contributed by atoms with Crippen molar-refractivity contribution in [2.24, 2.45) is 11.7 Å². The number of nitrogens with two attached hydrogens (primary N) is 1. The zero-order valence-corrected chi connectivity index (χ0v) is 9.02. The van der Waals surface area contributed by atoms with Gasteiger partial charge in [-0.25, -0.2) is 0 Å². The monoisotopic (exact) mass is 220 g/mol. The van der Waals surface area contributed by atoms with E-state index in [1.54, 1.807) is 12.1 Å². The fraction of sp³-hybridized carbons (Fsp3) is 0.417. The third-order valence-electron chi connectivity index (χ3n) is 3.07. The van der Waals surface area contributed by atoms with Gasteiger partial charge in [0.15, 0.2) is 0 Å². The summed E-state index contributed by atoms with van der Waals surface area (Å²) < 4.78 is 0. The highest BCUT2D eigenvalue weighted by molar-refractivity contribution is 5.80. The number of carbonyl (C=O) groups is 1. The summed E-state index contributed by atoms with van der Waals surface area (Å²) in [7, 11) is 0. The maximum Gasteiger partial charge on any atom is 0.224 e. The lowest BCUT2D eigenvalue weighted by atomic mass is 9.90. The molecule has 0 aliphatic carbocycles. The van der Waals surface area contributed by atoms with E-state index < -0.39 is 0 Å². The molecule has 0 radical (unpaired) electrons. The van der Waals surface area contributed by atoms with Gasteiger partial charge in [-0.2, -0.15) is 0 Å². The lowest BCUT2D eigenvalue weighted by Crippen LogP contribution is -2.41. The van der Waals surface area contributed by atoms with E-state index in [-0.39, 0.29) is 23.6 Å². The lowest BCUT2D eigenvalue weighted by Gasteiger charge is -2.28. The Labute approximate surface area is 94.5 Å². The van der Waals surface area contributed by atoms with Gasteiger partial charge in [-0.3, -0.25) is 4.79 Å². The van der Waals surface area contributed by atoms with Crippen LogP contribution in [0, 0.1) is 5.92 Å². The number of phenolic OH excluding ortho intramolecular Hbond substituents is 1. The van der Waals surface area contributed by atoms with Gasteiger partial charge in [-0.15, -0.1) is 0 Å². The normalized spacial score (nSPS) is 25.2. The Kier molecular flexibility index (Phi) is 3.10. The smallest absolute Gasteiger partial charge is 0.224 e. The number of piperidine rings is 1. The van der Waals surface area contributed by atoms with Crippen molar-refractivity contribution in [3.8, 4) is 5.75 Å². The molecule has 4 nitrogen and oxygen atoms in total. The van der Waals surface area contributed by atoms with Crippen LogP contribution in [0.2, 0.25) is 0 Å². The number of aromatic hydroxyl groups is 1. The van der Waals surface area contributed by atoms with Gasteiger partial charge in [-0.05, 0) is 30.5 Å². The molecular formula is C12H16N2O2. The first-order chi connectivity index (χ1) is 7.70. The summed E-state index contributed by atoms with van der Waals surface area (Å²) in [6, 6.07) is 7.00. The van der Waals surface area contributed by atoms with Crippen LogP contribution in [0.15, 0.2) is 24.3 Å². The number of amides is 1. The maximum atomic E-state index is 11.6. The summed E-state index contributed by atoms with van der Waals surface area (Å²) in [5.41, 5.74) is 6.53. The fourth-order valence-electron chi connectivity index (χ4n) is 2.04. The molecule has 1 aliphatic heterocycles. The van der Waals surface area contributed by atoms with Crippen LogP contribution in [-0.4, -0.2) is 17.6 Å². The van der Waals surface area contributed by atoms with Crippen molar-refractivity contribution in [1.29, 1.82) is 0 Å². The molecule has 2 unspecified atom stereocenters. The van der Waals surface area contributed by atoms with Crippen LogP contribution in [0.1, 0.15) is 24.4 Å². The van der Waals surface area contributed by atoms with Crippen LogP contribution in [0.25, 0.3) is 0 Å². The SMILES string of the molecule is NCC1CCC(c2ccc(O)cc2)NC1=O. The maximum absolute atomic E-state index is 11.6. The lowest BCUT2D eigenvalue weighted by molar-refractivity contribution is -0.127. The van der Waals surface area contributed by atoms with Crippen LogP contribution in [0.5, 0.6) is 5.75 Å². The Hall–Kier alpha value is -1.55. The minimum Gasteiger partial charge on any atom is -0.508 e. The van der Waals surface area contributed by atoms with Crippen LogP contribution in [-0.2, 0) is 4.79 Å². The van der Waals surface area contributed by atoms with E-state index in [0.29, 0.717) is 6.54 Å². The summed E-state index contributed by atoms with van der Waals surface area (Å²) >= 11 is 0. The van der Waals surface area contributed by atoms with Gasteiger partial charge in [0.05, 0.1) is 12.0 Å². The Morgan fingerprint density at radius 3 is 2.56 bits per heavy atom. The third kappa shape index (κ3) is 2.17. The summed E-state index contributed by atoms with van der Waals surface area (Å²) in [4.78, 5) is 11.6. The Balaban J connectivity index is 2.07. The van der Waals surface area contributed by atoms with Gasteiger partial charge in [0, 0.05) is 6.54 Å². The van der Waals surface area contributed by atoms with E-state index in [1.807, 2.05) is 12.1 Å². The Morgan fingerprint density at radius 1 is 1.31 bits per heavy atom. The predicted molar refractivity (Wildman–Crippen MR) is 60.8 cm³/mol. The molecule has 0 spiro atoms. The van der Waals surface area contributed by atoms with Crippen LogP contribution < -0.4 is 11.1 Å². The molecule has 0 aromatic heterocycles. The van der Waals surface area contributed by atoms with E-state index >= 15 is 0 Å². The number of rotatable bonds is 2. The van der Waals surface area contributed by atoms with Gasteiger partial charge >= 0.3 is 0 Å². The first-order valence-corrected chi connectivity index (χ1v) is 5.50. The summed E-state index contributed by atoms with van der Waals surface area (Å²) in [6.07, 6.45) is 1.73. The molecule has 1 aliphatic rings. The minimum absolute atomic E-state index is 0.0341. The Bertz CT molecular complexity index is 375. The van der Waals surface area contributed by atoms with Crippen LogP contribution in [0.3, 0.4) is 0 Å². The molecule has 86 valence electrons. The fourth-order valence-corrected chi connectivity index (χ4v) is 2.04. The molecule has 0 saturated carbocycles. The average Bonchev–Trinajstić information content (AvgIpc) is 2.30. The van der Waals surface area contributed by atoms with Crippen molar-refractivity contribution in [2.75, 3.05) is 6.54 Å². The standard InChI is InChI=1S/C12H16N2O2/c13-7-9-3-6-11(14-12(9)16)8-1-4-10(15)5-2-8/h1-2,4-5,9,11,15H,3,6-7,13H2,(H,14,16). The first kappa shape index (κ1) is 11.0. The highest BCUT2D eigenvalue weighted by Crippen LogP contribution is 2.26. The number of hydrogen-bond acceptors (Lipinski definition) is 3. The topological polar surface area (TPSA) is 75.3 Å². The molecule has 16 heavy (non-hydrogen) atoms. The number of phenols is 1. The van der Waals surface area contributed by atoms with Gasteiger partial charge in [0.2, 0.25) is 5.91 Å². The predicted octanol–water partition coefficient (Wildman–Crippen LogP) is 0.918. The van der Waals surface area contributed by atoms with Crippen molar-refractivity contribution < 1.29 is 9.90 Å². The average molecular weight is 220 g/mol. The van der Waals surface area contributed by atoms with Gasteiger partial charge in [0.25, 0.3) is 0 Å². The van der Waals surface area contributed by atoms with Crippen LogP contribution >= 0.6 is 0 Å². The molecule has 2 atom stereocenters. The summed E-state index contributed by atoms with van der Waals surface area (Å²) in [6.45, 7) is 0.411. The number of nitrogens with one attached hydrogen (secondary N) is 1. The molecule has 2 rings (SSSR count). The van der Waals surface area contributed by atoms with Crippen molar-refractivity contribution in [1.82, 2.24) is 5.32 Å². The molecule has 1 fully saturated rings. The second kappa shape index (κ2) is 4.53. The zero-order valence-electron chi connectivity index (χ0n) is 9.02. The largest absolute Gasteiger partial charge is 0.508 e. The van der Waals surface area contributed by atoms with E-state index in [1.165, 1.54) is 0 Å². The second-order valence-corrected chi connectivity index (χ2v) is 4.16. The minimum atomic E-state index is -0.0478. The molecule has 4 N–H and O–H groups in total. The van der Waals surface area contributed by atoms with Crippen molar-refractivity contribution >= 4 is 5.91 Å². The number of hydrogen-bond donors (Lipinski definition) is 3. The van der Waals surface area contributed by atoms with Crippen molar-refractivity contribution in [3.05, 3.63) is 29.8 Å². The highest BCUT2D eigenvalue weighted by Gasteiger charge is 2.27. The molecule has 1 aromatic carbocycles. The molecule has 1 saturated heterocycles. The molecular weight excluding hydrogens is 204 g/mol. The number of benzene rings is 1. The van der Waals surface area contributed by atoms with E-state index in [4.69, 9.17) is 5.73 Å². The molecule has 0 bridgehead atoms. The van der Waals surface area contributed by atoms with Gasteiger partial charge < -0.3 is 16.2 Å².